The van der Waals surface area contributed by atoms with Crippen molar-refractivity contribution in [3.63, 3.8) is 0 Å². The lowest BCUT2D eigenvalue weighted by atomic mass is 9.88. The molecule has 1 aromatic rings. The normalized spacial score (nSPS) is 37.7. The van der Waals surface area contributed by atoms with Crippen LogP contribution in [0, 0.1) is 11.8 Å². The number of phenols is 1. The lowest BCUT2D eigenvalue weighted by Crippen LogP contribution is -2.24. The van der Waals surface area contributed by atoms with Crippen molar-refractivity contribution in [1.29, 1.82) is 0 Å². The fraction of sp³-hybridized carbons (Fsp3) is 0.538. The van der Waals surface area contributed by atoms with Crippen LogP contribution < -0.4 is 5.32 Å². The number of phenolic OH excluding ortho intramolecular Hbond substituents is 1. The van der Waals surface area contributed by atoms with Crippen LogP contribution in [0.15, 0.2) is 24.3 Å². The Balaban J connectivity index is 1.99. The van der Waals surface area contributed by atoms with Crippen molar-refractivity contribution in [2.75, 3.05) is 13.1 Å². The summed E-state index contributed by atoms with van der Waals surface area (Å²) >= 11 is 0. The van der Waals surface area contributed by atoms with E-state index in [2.05, 4.69) is 18.3 Å². The van der Waals surface area contributed by atoms with Crippen molar-refractivity contribution in [3.8, 4) is 5.75 Å². The van der Waals surface area contributed by atoms with Crippen molar-refractivity contribution < 1.29 is 5.11 Å². The molecule has 1 aliphatic carbocycles. The van der Waals surface area contributed by atoms with Gasteiger partial charge in [-0.05, 0) is 49.0 Å². The second-order valence-electron chi connectivity index (χ2n) is 4.82. The number of fused-ring (bicyclic) bond motifs is 1. The standard InChI is InChI=1S/C13H17NO/c1-2-13(11-7-14-8-12(11)13)9-4-3-5-10(15)6-9/h3-6,11-12,14-15H,2,7-8H2,1H3. The van der Waals surface area contributed by atoms with E-state index >= 15 is 0 Å². The number of hydrogen-bond acceptors (Lipinski definition) is 2. The molecule has 2 heteroatoms. The molecular weight excluding hydrogens is 186 g/mol. The molecule has 80 valence electrons. The highest BCUT2D eigenvalue weighted by Gasteiger charge is 2.65. The van der Waals surface area contributed by atoms with Crippen LogP contribution in [0.1, 0.15) is 18.9 Å². The first-order valence-corrected chi connectivity index (χ1v) is 5.79. The molecule has 2 nitrogen and oxygen atoms in total. The molecule has 1 saturated carbocycles. The Labute approximate surface area is 90.3 Å². The first-order valence-electron chi connectivity index (χ1n) is 5.79. The smallest absolute Gasteiger partial charge is 0.115 e. The number of piperidine rings is 1. The Bertz CT molecular complexity index is 378. The van der Waals surface area contributed by atoms with Crippen molar-refractivity contribution in [3.05, 3.63) is 29.8 Å². The molecule has 0 radical (unpaired) electrons. The van der Waals surface area contributed by atoms with Crippen molar-refractivity contribution in [2.24, 2.45) is 11.8 Å². The van der Waals surface area contributed by atoms with Crippen LogP contribution in [0.3, 0.4) is 0 Å². The molecule has 0 amide bonds. The molecular formula is C13H17NO. The third-order valence-electron chi connectivity index (χ3n) is 4.40. The van der Waals surface area contributed by atoms with Gasteiger partial charge >= 0.3 is 0 Å². The minimum atomic E-state index is 0.365. The monoisotopic (exact) mass is 203 g/mol. The summed E-state index contributed by atoms with van der Waals surface area (Å²) in [6.07, 6.45) is 1.19. The van der Waals surface area contributed by atoms with Gasteiger partial charge in [0.1, 0.15) is 5.75 Å². The number of aromatic hydroxyl groups is 1. The maximum atomic E-state index is 9.55. The Morgan fingerprint density at radius 1 is 1.40 bits per heavy atom. The van der Waals surface area contributed by atoms with E-state index in [1.807, 2.05) is 12.1 Å². The van der Waals surface area contributed by atoms with Crippen molar-refractivity contribution in [2.45, 2.75) is 18.8 Å². The first-order chi connectivity index (χ1) is 7.29. The third kappa shape index (κ3) is 1.08. The molecule has 0 bridgehead atoms. The van der Waals surface area contributed by atoms with E-state index in [-0.39, 0.29) is 0 Å². The topological polar surface area (TPSA) is 32.3 Å². The second kappa shape index (κ2) is 2.99. The van der Waals surface area contributed by atoms with Gasteiger partial charge in [0.15, 0.2) is 0 Å². The number of rotatable bonds is 2. The van der Waals surface area contributed by atoms with Gasteiger partial charge in [0.05, 0.1) is 0 Å². The van der Waals surface area contributed by atoms with E-state index in [1.54, 1.807) is 6.07 Å². The fourth-order valence-electron chi connectivity index (χ4n) is 3.60. The van der Waals surface area contributed by atoms with Crippen LogP contribution in [0.25, 0.3) is 0 Å². The van der Waals surface area contributed by atoms with E-state index in [0.29, 0.717) is 11.2 Å². The summed E-state index contributed by atoms with van der Waals surface area (Å²) < 4.78 is 0. The predicted octanol–water partition coefficient (Wildman–Crippen LogP) is 1.89. The van der Waals surface area contributed by atoms with E-state index in [1.165, 1.54) is 12.0 Å². The maximum Gasteiger partial charge on any atom is 0.115 e. The van der Waals surface area contributed by atoms with E-state index in [4.69, 9.17) is 0 Å². The van der Waals surface area contributed by atoms with Gasteiger partial charge in [-0.3, -0.25) is 0 Å². The average Bonchev–Trinajstić information content (AvgIpc) is 2.62. The Morgan fingerprint density at radius 2 is 2.13 bits per heavy atom. The highest BCUT2D eigenvalue weighted by Crippen LogP contribution is 2.63. The van der Waals surface area contributed by atoms with Crippen molar-refractivity contribution >= 4 is 0 Å². The van der Waals surface area contributed by atoms with Crippen LogP contribution in [0.5, 0.6) is 5.75 Å². The summed E-state index contributed by atoms with van der Waals surface area (Å²) in [7, 11) is 0. The molecule has 2 atom stereocenters. The molecule has 2 aliphatic rings. The van der Waals surface area contributed by atoms with E-state index in [0.717, 1.165) is 24.9 Å². The summed E-state index contributed by atoms with van der Waals surface area (Å²) in [5, 5.41) is 13.0. The highest BCUT2D eigenvalue weighted by molar-refractivity contribution is 5.42. The fourth-order valence-corrected chi connectivity index (χ4v) is 3.60. The van der Waals surface area contributed by atoms with Gasteiger partial charge in [-0.15, -0.1) is 0 Å². The van der Waals surface area contributed by atoms with Crippen LogP contribution in [0.2, 0.25) is 0 Å². The van der Waals surface area contributed by atoms with Crippen molar-refractivity contribution in [1.82, 2.24) is 5.32 Å². The molecule has 0 aromatic heterocycles. The van der Waals surface area contributed by atoms with Gasteiger partial charge in [-0.25, -0.2) is 0 Å². The highest BCUT2D eigenvalue weighted by atomic mass is 16.3. The molecule has 2 unspecified atom stereocenters. The van der Waals surface area contributed by atoms with Gasteiger partial charge in [0, 0.05) is 5.41 Å². The van der Waals surface area contributed by atoms with Gasteiger partial charge in [0.25, 0.3) is 0 Å². The largest absolute Gasteiger partial charge is 0.508 e. The summed E-state index contributed by atoms with van der Waals surface area (Å²) in [5.74, 6) is 1.99. The molecule has 2 fully saturated rings. The molecule has 2 N–H and O–H groups in total. The SMILES string of the molecule is CCC1(c2cccc(O)c2)C2CNCC21. The molecule has 3 rings (SSSR count). The van der Waals surface area contributed by atoms with E-state index in [9.17, 15) is 5.11 Å². The molecule has 1 heterocycles. The summed E-state index contributed by atoms with van der Waals surface area (Å²) in [6, 6.07) is 7.83. The minimum absolute atomic E-state index is 0.365. The quantitative estimate of drug-likeness (QED) is 0.769. The average molecular weight is 203 g/mol. The minimum Gasteiger partial charge on any atom is -0.508 e. The lowest BCUT2D eigenvalue weighted by molar-refractivity contribution is 0.466. The predicted molar refractivity (Wildman–Crippen MR) is 59.9 cm³/mol. The van der Waals surface area contributed by atoms with Crippen LogP contribution in [-0.2, 0) is 5.41 Å². The molecule has 1 aliphatic heterocycles. The molecule has 1 aromatic carbocycles. The summed E-state index contributed by atoms with van der Waals surface area (Å²) in [6.45, 7) is 4.56. The van der Waals surface area contributed by atoms with Gasteiger partial charge in [-0.2, -0.15) is 0 Å². The summed E-state index contributed by atoms with van der Waals surface area (Å²) in [5.41, 5.74) is 1.70. The van der Waals surface area contributed by atoms with Crippen LogP contribution in [0.4, 0.5) is 0 Å². The zero-order valence-corrected chi connectivity index (χ0v) is 9.03. The van der Waals surface area contributed by atoms with Gasteiger partial charge < -0.3 is 10.4 Å². The maximum absolute atomic E-state index is 9.55. The molecule has 1 saturated heterocycles. The Kier molecular flexibility index (Phi) is 1.84. The Hall–Kier alpha value is -1.02. The molecule has 0 spiro atoms. The molecule has 15 heavy (non-hydrogen) atoms. The van der Waals surface area contributed by atoms with Gasteiger partial charge in [0.2, 0.25) is 0 Å². The number of benzene rings is 1. The zero-order valence-electron chi connectivity index (χ0n) is 9.03. The lowest BCUT2D eigenvalue weighted by Gasteiger charge is -2.20. The second-order valence-corrected chi connectivity index (χ2v) is 4.82. The van der Waals surface area contributed by atoms with Crippen LogP contribution in [-0.4, -0.2) is 18.2 Å². The Morgan fingerprint density at radius 3 is 2.73 bits per heavy atom. The van der Waals surface area contributed by atoms with Gasteiger partial charge in [-0.1, -0.05) is 19.1 Å². The summed E-state index contributed by atoms with van der Waals surface area (Å²) in [4.78, 5) is 0. The third-order valence-corrected chi connectivity index (χ3v) is 4.40. The number of hydrogen-bond donors (Lipinski definition) is 2. The number of nitrogens with one attached hydrogen (secondary N) is 1. The zero-order chi connectivity index (χ0) is 10.5. The first kappa shape index (κ1) is 9.22. The van der Waals surface area contributed by atoms with E-state index < -0.39 is 0 Å². The van der Waals surface area contributed by atoms with Crippen LogP contribution >= 0.6 is 0 Å².